The molecule has 0 aromatic heterocycles. The van der Waals surface area contributed by atoms with Gasteiger partial charge in [0.25, 0.3) is 0 Å². The third kappa shape index (κ3) is 3.35. The molecule has 0 bridgehead atoms. The molecule has 2 amide bonds. The Morgan fingerprint density at radius 3 is 2.62 bits per heavy atom. The lowest BCUT2D eigenvalue weighted by molar-refractivity contribution is -0.159. The lowest BCUT2D eigenvalue weighted by Crippen LogP contribution is -2.70. The summed E-state index contributed by atoms with van der Waals surface area (Å²) < 4.78 is 5.74. The molecular formula is C20H27N3O3. The molecule has 1 N–H and O–H groups in total. The number of hydrogen-bond donors (Lipinski definition) is 1. The molecule has 1 atom stereocenters. The van der Waals surface area contributed by atoms with Crippen LogP contribution in [0.4, 0.5) is 0 Å². The van der Waals surface area contributed by atoms with Crippen LogP contribution in [0.5, 0.6) is 0 Å². The van der Waals surface area contributed by atoms with Gasteiger partial charge in [-0.05, 0) is 31.2 Å². The number of hydrogen-bond acceptors (Lipinski definition) is 4. The van der Waals surface area contributed by atoms with Crippen LogP contribution in [0.1, 0.15) is 31.2 Å². The summed E-state index contributed by atoms with van der Waals surface area (Å²) in [6.45, 7) is 3.94. The Labute approximate surface area is 154 Å². The van der Waals surface area contributed by atoms with Gasteiger partial charge in [-0.3, -0.25) is 14.5 Å². The molecule has 140 valence electrons. The van der Waals surface area contributed by atoms with Gasteiger partial charge in [0.05, 0.1) is 12.6 Å². The van der Waals surface area contributed by atoms with Gasteiger partial charge < -0.3 is 15.0 Å². The molecule has 0 saturated carbocycles. The second-order valence-electron chi connectivity index (χ2n) is 7.62. The number of rotatable bonds is 4. The van der Waals surface area contributed by atoms with Crippen molar-refractivity contribution in [3.63, 3.8) is 0 Å². The molecule has 1 unspecified atom stereocenters. The Bertz CT molecular complexity index is 650. The summed E-state index contributed by atoms with van der Waals surface area (Å²) in [4.78, 5) is 29.6. The number of likely N-dealkylation sites (tertiary alicyclic amines) is 1. The molecule has 3 saturated heterocycles. The lowest BCUT2D eigenvalue weighted by Gasteiger charge is -2.50. The highest BCUT2D eigenvalue weighted by molar-refractivity contribution is 5.98. The number of piperidine rings is 1. The zero-order valence-corrected chi connectivity index (χ0v) is 15.2. The predicted molar refractivity (Wildman–Crippen MR) is 97.4 cm³/mol. The molecule has 6 heteroatoms. The zero-order valence-electron chi connectivity index (χ0n) is 15.2. The highest BCUT2D eigenvalue weighted by Crippen LogP contribution is 2.33. The highest BCUT2D eigenvalue weighted by atomic mass is 16.5. The fraction of sp³-hybridized carbons (Fsp3) is 0.600. The summed E-state index contributed by atoms with van der Waals surface area (Å²) >= 11 is 0. The first-order valence-corrected chi connectivity index (χ1v) is 9.64. The number of amides is 2. The van der Waals surface area contributed by atoms with E-state index < -0.39 is 5.54 Å². The molecule has 1 aromatic carbocycles. The minimum absolute atomic E-state index is 0.00876. The molecular weight excluding hydrogens is 330 g/mol. The number of nitrogens with one attached hydrogen (secondary N) is 1. The van der Waals surface area contributed by atoms with Crippen molar-refractivity contribution >= 4 is 11.8 Å². The van der Waals surface area contributed by atoms with Gasteiger partial charge in [0, 0.05) is 32.8 Å². The molecule has 1 aromatic rings. The first kappa shape index (κ1) is 17.5. The largest absolute Gasteiger partial charge is 0.376 e. The van der Waals surface area contributed by atoms with Crippen LogP contribution in [0.3, 0.4) is 0 Å². The van der Waals surface area contributed by atoms with Crippen LogP contribution in [-0.4, -0.2) is 66.0 Å². The number of benzene rings is 1. The number of carbonyl (C=O) groups is 2. The minimum atomic E-state index is -0.700. The number of piperazine rings is 1. The van der Waals surface area contributed by atoms with Gasteiger partial charge in [-0.1, -0.05) is 30.3 Å². The summed E-state index contributed by atoms with van der Waals surface area (Å²) in [5.41, 5.74) is 0.581. The van der Waals surface area contributed by atoms with Crippen LogP contribution >= 0.6 is 0 Å². The Balaban J connectivity index is 1.46. The Hall–Kier alpha value is -1.92. The fourth-order valence-corrected chi connectivity index (χ4v) is 4.47. The number of ether oxygens (including phenoxy) is 1. The van der Waals surface area contributed by atoms with Crippen LogP contribution in [0.25, 0.3) is 0 Å². The van der Waals surface area contributed by atoms with E-state index >= 15 is 0 Å². The maximum absolute atomic E-state index is 12.8. The minimum Gasteiger partial charge on any atom is -0.376 e. The van der Waals surface area contributed by atoms with Crippen LogP contribution in [0.15, 0.2) is 30.3 Å². The Morgan fingerprint density at radius 2 is 1.92 bits per heavy atom. The zero-order chi connectivity index (χ0) is 18.0. The van der Waals surface area contributed by atoms with Crippen molar-refractivity contribution in [3.8, 4) is 0 Å². The summed E-state index contributed by atoms with van der Waals surface area (Å²) in [5.74, 6) is 0.0334. The average Bonchev–Trinajstić information content (AvgIpc) is 3.18. The van der Waals surface area contributed by atoms with E-state index in [1.165, 1.54) is 5.56 Å². The summed E-state index contributed by atoms with van der Waals surface area (Å²) in [6.07, 6.45) is 3.45. The molecule has 6 nitrogen and oxygen atoms in total. The first-order valence-electron chi connectivity index (χ1n) is 9.64. The molecule has 4 rings (SSSR count). The Kier molecular flexibility index (Phi) is 4.96. The van der Waals surface area contributed by atoms with Gasteiger partial charge in [-0.15, -0.1) is 0 Å². The van der Waals surface area contributed by atoms with Crippen LogP contribution < -0.4 is 5.32 Å². The van der Waals surface area contributed by atoms with Gasteiger partial charge in [-0.25, -0.2) is 0 Å². The monoisotopic (exact) mass is 357 g/mol. The number of carbonyl (C=O) groups excluding carboxylic acids is 2. The van der Waals surface area contributed by atoms with Crippen molar-refractivity contribution < 1.29 is 14.3 Å². The quantitative estimate of drug-likeness (QED) is 0.878. The average molecular weight is 357 g/mol. The summed E-state index contributed by atoms with van der Waals surface area (Å²) in [5, 5.41) is 2.82. The van der Waals surface area contributed by atoms with E-state index in [0.717, 1.165) is 39.1 Å². The molecule has 3 fully saturated rings. The molecule has 3 aliphatic rings. The van der Waals surface area contributed by atoms with E-state index in [0.29, 0.717) is 19.4 Å². The van der Waals surface area contributed by atoms with Gasteiger partial charge >= 0.3 is 0 Å². The first-order chi connectivity index (χ1) is 12.7. The van der Waals surface area contributed by atoms with Crippen molar-refractivity contribution in [2.45, 2.75) is 43.9 Å². The Morgan fingerprint density at radius 1 is 1.15 bits per heavy atom. The molecule has 0 radical (unpaired) electrons. The van der Waals surface area contributed by atoms with E-state index in [-0.39, 0.29) is 24.5 Å². The maximum atomic E-state index is 12.8. The standard InChI is InChI=1S/C20H27N3O3/c24-18-13-21-19(25)20(23(18)15-17-7-4-12-26-17)8-10-22(11-9-20)14-16-5-2-1-3-6-16/h1-3,5-6,17H,4,7-15H2,(H,21,25). The van der Waals surface area contributed by atoms with Crippen LogP contribution in [0, 0.1) is 0 Å². The number of nitrogens with zero attached hydrogens (tertiary/aromatic N) is 2. The van der Waals surface area contributed by atoms with Crippen molar-refractivity contribution in [2.75, 3.05) is 32.8 Å². The molecule has 3 aliphatic heterocycles. The molecule has 0 aliphatic carbocycles. The summed E-state index contributed by atoms with van der Waals surface area (Å²) in [7, 11) is 0. The highest BCUT2D eigenvalue weighted by Gasteiger charge is 2.51. The smallest absolute Gasteiger partial charge is 0.246 e. The lowest BCUT2D eigenvalue weighted by atomic mass is 9.82. The third-order valence-corrected chi connectivity index (χ3v) is 5.98. The fourth-order valence-electron chi connectivity index (χ4n) is 4.47. The van der Waals surface area contributed by atoms with Crippen molar-refractivity contribution in [3.05, 3.63) is 35.9 Å². The predicted octanol–water partition coefficient (Wildman–Crippen LogP) is 1.16. The molecule has 26 heavy (non-hydrogen) atoms. The van der Waals surface area contributed by atoms with E-state index in [1.54, 1.807) is 0 Å². The van der Waals surface area contributed by atoms with Gasteiger partial charge in [-0.2, -0.15) is 0 Å². The van der Waals surface area contributed by atoms with Gasteiger partial charge in [0.2, 0.25) is 11.8 Å². The van der Waals surface area contributed by atoms with Crippen LogP contribution in [0.2, 0.25) is 0 Å². The molecule has 1 spiro atoms. The van der Waals surface area contributed by atoms with E-state index in [1.807, 2.05) is 11.0 Å². The van der Waals surface area contributed by atoms with Gasteiger partial charge in [0.15, 0.2) is 0 Å². The third-order valence-electron chi connectivity index (χ3n) is 5.98. The molecule has 3 heterocycles. The van der Waals surface area contributed by atoms with Crippen molar-refractivity contribution in [1.82, 2.24) is 15.1 Å². The van der Waals surface area contributed by atoms with Crippen LogP contribution in [-0.2, 0) is 20.9 Å². The van der Waals surface area contributed by atoms with E-state index in [4.69, 9.17) is 4.74 Å². The summed E-state index contributed by atoms with van der Waals surface area (Å²) in [6, 6.07) is 10.4. The second-order valence-corrected chi connectivity index (χ2v) is 7.62. The normalized spacial score (nSPS) is 26.3. The van der Waals surface area contributed by atoms with E-state index in [9.17, 15) is 9.59 Å². The topological polar surface area (TPSA) is 61.9 Å². The SMILES string of the molecule is O=C1CNC(=O)C2(CCN(Cc3ccccc3)CC2)N1CC1CCCO1. The van der Waals surface area contributed by atoms with Crippen molar-refractivity contribution in [1.29, 1.82) is 0 Å². The maximum Gasteiger partial charge on any atom is 0.246 e. The second kappa shape index (κ2) is 7.37. The van der Waals surface area contributed by atoms with E-state index in [2.05, 4.69) is 34.5 Å². The van der Waals surface area contributed by atoms with Gasteiger partial charge in [0.1, 0.15) is 5.54 Å². The van der Waals surface area contributed by atoms with Crippen molar-refractivity contribution in [2.24, 2.45) is 0 Å².